The van der Waals surface area contributed by atoms with E-state index < -0.39 is 16.6 Å². The van der Waals surface area contributed by atoms with Gasteiger partial charge in [-0.2, -0.15) is 0 Å². The summed E-state index contributed by atoms with van der Waals surface area (Å²) < 4.78 is 19.9. The minimum absolute atomic E-state index is 0.109. The molecule has 2 fully saturated rings. The van der Waals surface area contributed by atoms with E-state index in [-0.39, 0.29) is 27.9 Å². The molecule has 5 atom stereocenters. The van der Waals surface area contributed by atoms with Crippen LogP contribution in [0.4, 0.5) is 0 Å². The molecule has 2 rings (SSSR count). The van der Waals surface area contributed by atoms with E-state index in [0.717, 1.165) is 6.42 Å². The molecule has 25 heavy (non-hydrogen) atoms. The molecule has 0 aromatic heterocycles. The molecule has 0 unspecified atom stereocenters. The van der Waals surface area contributed by atoms with E-state index in [0.29, 0.717) is 12.0 Å². The summed E-state index contributed by atoms with van der Waals surface area (Å²) in [6, 6.07) is 0. The van der Waals surface area contributed by atoms with E-state index in [9.17, 15) is 0 Å². The van der Waals surface area contributed by atoms with Gasteiger partial charge in [0.25, 0.3) is 0 Å². The van der Waals surface area contributed by atoms with Crippen molar-refractivity contribution in [3.05, 3.63) is 0 Å². The molecule has 1 aliphatic heterocycles. The van der Waals surface area contributed by atoms with Crippen molar-refractivity contribution in [2.75, 3.05) is 0 Å². The van der Waals surface area contributed by atoms with Crippen molar-refractivity contribution in [3.8, 4) is 0 Å². The number of hydrogen-bond acceptors (Lipinski definition) is 3. The summed E-state index contributed by atoms with van der Waals surface area (Å²) >= 11 is 0. The van der Waals surface area contributed by atoms with Crippen LogP contribution in [0.15, 0.2) is 0 Å². The van der Waals surface area contributed by atoms with Crippen molar-refractivity contribution in [1.82, 2.24) is 0 Å². The summed E-state index contributed by atoms with van der Waals surface area (Å²) in [6.07, 6.45) is 1.70. The number of fused-ring (bicyclic) bond motifs is 1. The van der Waals surface area contributed by atoms with Gasteiger partial charge in [-0.05, 0) is 43.2 Å². The third-order valence-corrected chi connectivity index (χ3v) is 16.5. The predicted molar refractivity (Wildman–Crippen MR) is 111 cm³/mol. The highest BCUT2D eigenvalue weighted by Gasteiger charge is 2.66. The van der Waals surface area contributed by atoms with Crippen LogP contribution in [0.25, 0.3) is 0 Å². The maximum absolute atomic E-state index is 6.89. The Kier molecular flexibility index (Phi) is 5.33. The lowest BCUT2D eigenvalue weighted by Gasteiger charge is -2.48. The molecule has 0 aromatic rings. The average molecular weight is 387 g/mol. The summed E-state index contributed by atoms with van der Waals surface area (Å²) in [7, 11) is -3.64. The van der Waals surface area contributed by atoms with Crippen molar-refractivity contribution in [2.45, 2.75) is 122 Å². The van der Waals surface area contributed by atoms with Gasteiger partial charge < -0.3 is 13.6 Å². The third-order valence-electron chi connectivity index (χ3n) is 7.53. The predicted octanol–water partition coefficient (Wildman–Crippen LogP) is 5.96. The zero-order valence-electron chi connectivity index (χ0n) is 18.7. The van der Waals surface area contributed by atoms with E-state index in [1.807, 2.05) is 0 Å². The van der Waals surface area contributed by atoms with Gasteiger partial charge in [0.05, 0.1) is 18.3 Å². The first-order chi connectivity index (χ1) is 10.9. The summed E-state index contributed by atoms with van der Waals surface area (Å²) in [5.74, 6) is 0.368. The molecule has 0 spiro atoms. The Morgan fingerprint density at radius 3 is 1.76 bits per heavy atom. The summed E-state index contributed by atoms with van der Waals surface area (Å²) in [4.78, 5) is 0. The molecule has 1 saturated heterocycles. The maximum atomic E-state index is 6.89. The highest BCUT2D eigenvalue weighted by Crippen LogP contribution is 2.54. The number of rotatable bonds is 4. The second kappa shape index (κ2) is 6.16. The molecule has 0 amide bonds. The number of hydrogen-bond donors (Lipinski definition) is 0. The standard InChI is InChI=1S/C20H42O3Si2/c1-14-15(22-24(9,10)18(2,3)4)13-16-20(8,21-16)17(14)23-25(11,12)19(5,6)7/h14-17H,13H2,1-12H3/t14-,15+,16+,17-,20+/m0/s1. The number of epoxide rings is 1. The van der Waals surface area contributed by atoms with Crippen LogP contribution in [-0.4, -0.2) is 40.5 Å². The Labute approximate surface area is 158 Å². The lowest BCUT2D eigenvalue weighted by atomic mass is 9.79. The smallest absolute Gasteiger partial charge is 0.192 e. The van der Waals surface area contributed by atoms with Gasteiger partial charge in [0.1, 0.15) is 5.60 Å². The molecule has 148 valence electrons. The first kappa shape index (κ1) is 21.6. The minimum Gasteiger partial charge on any atom is -0.413 e. The molecule has 0 radical (unpaired) electrons. The molecular weight excluding hydrogens is 344 g/mol. The topological polar surface area (TPSA) is 31.0 Å². The van der Waals surface area contributed by atoms with Gasteiger partial charge in [0, 0.05) is 12.3 Å². The largest absolute Gasteiger partial charge is 0.413 e. The molecular formula is C20H42O3Si2. The quantitative estimate of drug-likeness (QED) is 0.441. The molecule has 0 N–H and O–H groups in total. The van der Waals surface area contributed by atoms with Crippen LogP contribution in [0, 0.1) is 5.92 Å². The Balaban J connectivity index is 2.21. The van der Waals surface area contributed by atoms with Gasteiger partial charge in [-0.15, -0.1) is 0 Å². The first-order valence-corrected chi connectivity index (χ1v) is 15.8. The minimum atomic E-state index is -1.85. The summed E-state index contributed by atoms with van der Waals surface area (Å²) in [6.45, 7) is 27.8. The summed E-state index contributed by atoms with van der Waals surface area (Å²) in [5, 5.41) is 0.439. The van der Waals surface area contributed by atoms with Crippen molar-refractivity contribution >= 4 is 16.6 Å². The van der Waals surface area contributed by atoms with Crippen LogP contribution in [-0.2, 0) is 13.6 Å². The molecule has 2 aliphatic rings. The molecule has 0 aromatic carbocycles. The van der Waals surface area contributed by atoms with Crippen molar-refractivity contribution in [2.24, 2.45) is 5.92 Å². The molecule has 3 nitrogen and oxygen atoms in total. The number of ether oxygens (including phenoxy) is 1. The lowest BCUT2D eigenvalue weighted by Crippen LogP contribution is -2.57. The highest BCUT2D eigenvalue weighted by molar-refractivity contribution is 6.74. The van der Waals surface area contributed by atoms with E-state index in [1.54, 1.807) is 0 Å². The Bertz CT molecular complexity index is 504. The average Bonchev–Trinajstić information content (AvgIpc) is 3.03. The fourth-order valence-electron chi connectivity index (χ4n) is 3.38. The Hall–Kier alpha value is 0.314. The molecule has 5 heteroatoms. The zero-order valence-corrected chi connectivity index (χ0v) is 20.7. The maximum Gasteiger partial charge on any atom is 0.192 e. The van der Waals surface area contributed by atoms with E-state index in [1.165, 1.54) is 0 Å². The van der Waals surface area contributed by atoms with Crippen LogP contribution in [0.3, 0.4) is 0 Å². The van der Waals surface area contributed by atoms with Gasteiger partial charge in [-0.25, -0.2) is 0 Å². The zero-order chi connectivity index (χ0) is 19.6. The molecule has 1 saturated carbocycles. The fraction of sp³-hybridized carbons (Fsp3) is 1.00. The summed E-state index contributed by atoms with van der Waals surface area (Å²) in [5.41, 5.74) is -0.109. The Morgan fingerprint density at radius 1 is 0.880 bits per heavy atom. The van der Waals surface area contributed by atoms with Crippen LogP contribution in [0.5, 0.6) is 0 Å². The van der Waals surface area contributed by atoms with Crippen molar-refractivity contribution < 1.29 is 13.6 Å². The van der Waals surface area contributed by atoms with E-state index in [2.05, 4.69) is 81.6 Å². The van der Waals surface area contributed by atoms with Gasteiger partial charge >= 0.3 is 0 Å². The van der Waals surface area contributed by atoms with Crippen LogP contribution in [0.2, 0.25) is 36.3 Å². The van der Waals surface area contributed by atoms with Gasteiger partial charge in [-0.1, -0.05) is 48.5 Å². The van der Waals surface area contributed by atoms with Crippen LogP contribution < -0.4 is 0 Å². The van der Waals surface area contributed by atoms with E-state index in [4.69, 9.17) is 13.6 Å². The third kappa shape index (κ3) is 3.96. The Morgan fingerprint density at radius 2 is 1.32 bits per heavy atom. The fourth-order valence-corrected chi connectivity index (χ4v) is 6.24. The van der Waals surface area contributed by atoms with E-state index >= 15 is 0 Å². The van der Waals surface area contributed by atoms with Gasteiger partial charge in [0.15, 0.2) is 16.6 Å². The highest BCUT2D eigenvalue weighted by atomic mass is 28.4. The van der Waals surface area contributed by atoms with Crippen molar-refractivity contribution in [3.63, 3.8) is 0 Å². The SMILES string of the molecule is C[C@H]1[C@H](O[Si](C)(C)C(C)(C)C)C[C@H]2O[C@@]2(C)[C@H]1O[Si](C)(C)C(C)(C)C. The van der Waals surface area contributed by atoms with Crippen LogP contribution in [0.1, 0.15) is 61.8 Å². The second-order valence-electron chi connectivity index (χ2n) is 11.6. The monoisotopic (exact) mass is 386 g/mol. The molecule has 1 aliphatic carbocycles. The van der Waals surface area contributed by atoms with Gasteiger partial charge in [-0.3, -0.25) is 0 Å². The van der Waals surface area contributed by atoms with Gasteiger partial charge in [0.2, 0.25) is 0 Å². The molecule has 1 heterocycles. The van der Waals surface area contributed by atoms with Crippen LogP contribution >= 0.6 is 0 Å². The first-order valence-electron chi connectivity index (χ1n) is 9.96. The lowest BCUT2D eigenvalue weighted by molar-refractivity contribution is -0.0153. The normalized spacial score (nSPS) is 37.0. The second-order valence-corrected chi connectivity index (χ2v) is 21.1. The van der Waals surface area contributed by atoms with Crippen molar-refractivity contribution in [1.29, 1.82) is 0 Å². The molecule has 0 bridgehead atoms.